The van der Waals surface area contributed by atoms with Gasteiger partial charge in [0.2, 0.25) is 0 Å². The molecule has 0 aromatic carbocycles. The van der Waals surface area contributed by atoms with E-state index in [1.165, 1.54) is 0 Å². The number of nitrogens with two attached hydrogens (primary N) is 1. The van der Waals surface area contributed by atoms with Crippen molar-refractivity contribution < 1.29 is 8.95 Å². The maximum absolute atomic E-state index is 11.3. The minimum Gasteiger partial charge on any atom is -0.498 e. The zero-order valence-corrected chi connectivity index (χ0v) is 10.5. The Labute approximate surface area is 94.7 Å². The molecule has 3 atom stereocenters. The van der Waals surface area contributed by atoms with Crippen molar-refractivity contribution in [1.82, 2.24) is 0 Å². The third-order valence-electron chi connectivity index (χ3n) is 2.96. The van der Waals surface area contributed by atoms with Crippen LogP contribution in [0.15, 0.2) is 12.3 Å². The van der Waals surface area contributed by atoms with E-state index in [4.69, 9.17) is 9.88 Å². The summed E-state index contributed by atoms with van der Waals surface area (Å²) in [5.41, 5.74) is 0. The van der Waals surface area contributed by atoms with Crippen LogP contribution in [0.1, 0.15) is 40.0 Å². The Morgan fingerprint density at radius 2 is 2.33 bits per heavy atom. The van der Waals surface area contributed by atoms with Gasteiger partial charge in [-0.05, 0) is 45.1 Å². The van der Waals surface area contributed by atoms with Crippen molar-refractivity contribution in [2.45, 2.75) is 50.9 Å². The summed E-state index contributed by atoms with van der Waals surface area (Å²) in [6.45, 7) is 6.02. The van der Waals surface area contributed by atoms with Crippen LogP contribution in [0.25, 0.3) is 0 Å². The third-order valence-corrected chi connectivity index (χ3v) is 4.22. The van der Waals surface area contributed by atoms with Crippen LogP contribution < -0.4 is 5.14 Å². The Hall–Kier alpha value is -0.350. The molecule has 0 spiro atoms. The van der Waals surface area contributed by atoms with E-state index >= 15 is 0 Å². The molecule has 0 aromatic heterocycles. The van der Waals surface area contributed by atoms with Crippen molar-refractivity contribution in [3.63, 3.8) is 0 Å². The fourth-order valence-corrected chi connectivity index (χ4v) is 2.39. The molecule has 0 aromatic rings. The van der Waals surface area contributed by atoms with Gasteiger partial charge in [-0.25, -0.2) is 4.21 Å². The molecular formula is C11H21NO2S. The zero-order valence-electron chi connectivity index (χ0n) is 9.73. The molecule has 88 valence electrons. The Balaban J connectivity index is 2.50. The predicted molar refractivity (Wildman–Crippen MR) is 63.4 cm³/mol. The monoisotopic (exact) mass is 231 g/mol. The molecule has 3 nitrogen and oxygen atoms in total. The van der Waals surface area contributed by atoms with Crippen molar-refractivity contribution >= 4 is 11.0 Å². The van der Waals surface area contributed by atoms with E-state index in [2.05, 4.69) is 6.92 Å². The zero-order chi connectivity index (χ0) is 11.5. The Morgan fingerprint density at radius 1 is 1.67 bits per heavy atom. The summed E-state index contributed by atoms with van der Waals surface area (Å²) in [5, 5.41) is 5.47. The summed E-state index contributed by atoms with van der Waals surface area (Å²) in [4.78, 5) is 0. The van der Waals surface area contributed by atoms with Gasteiger partial charge in [0.15, 0.2) is 0 Å². The average Bonchev–Trinajstić information content (AvgIpc) is 2.18. The van der Waals surface area contributed by atoms with Crippen LogP contribution in [0.3, 0.4) is 0 Å². The first-order chi connectivity index (χ1) is 6.93. The van der Waals surface area contributed by atoms with Gasteiger partial charge in [0.05, 0.1) is 22.0 Å². The summed E-state index contributed by atoms with van der Waals surface area (Å²) < 4.78 is 16.5. The molecule has 1 unspecified atom stereocenters. The van der Waals surface area contributed by atoms with Gasteiger partial charge in [-0.15, -0.1) is 0 Å². The van der Waals surface area contributed by atoms with Gasteiger partial charge in [-0.2, -0.15) is 0 Å². The van der Waals surface area contributed by atoms with Crippen LogP contribution in [0.4, 0.5) is 0 Å². The summed E-state index contributed by atoms with van der Waals surface area (Å²) in [7, 11) is -1.27. The number of ether oxygens (including phenoxy) is 1. The van der Waals surface area contributed by atoms with Crippen molar-refractivity contribution in [3.8, 4) is 0 Å². The van der Waals surface area contributed by atoms with Crippen molar-refractivity contribution in [2.24, 2.45) is 11.1 Å². The number of hydrogen-bond acceptors (Lipinski definition) is 2. The first-order valence-electron chi connectivity index (χ1n) is 5.40. The largest absolute Gasteiger partial charge is 0.498 e. The van der Waals surface area contributed by atoms with E-state index in [1.807, 2.05) is 19.9 Å². The average molecular weight is 231 g/mol. The van der Waals surface area contributed by atoms with Gasteiger partial charge in [-0.1, -0.05) is 6.92 Å². The lowest BCUT2D eigenvalue weighted by Gasteiger charge is -2.31. The van der Waals surface area contributed by atoms with Gasteiger partial charge < -0.3 is 4.74 Å². The molecule has 0 saturated heterocycles. The van der Waals surface area contributed by atoms with E-state index in [1.54, 1.807) is 6.26 Å². The molecule has 0 saturated carbocycles. The van der Waals surface area contributed by atoms with Crippen LogP contribution >= 0.6 is 0 Å². The van der Waals surface area contributed by atoms with E-state index in [0.29, 0.717) is 5.92 Å². The third kappa shape index (κ3) is 3.61. The second-order valence-electron chi connectivity index (χ2n) is 4.86. The summed E-state index contributed by atoms with van der Waals surface area (Å²) in [6, 6.07) is 0. The van der Waals surface area contributed by atoms with Crippen molar-refractivity contribution in [1.29, 1.82) is 0 Å². The second-order valence-corrected chi connectivity index (χ2v) is 6.56. The fraction of sp³-hybridized carbons (Fsp3) is 0.818. The van der Waals surface area contributed by atoms with E-state index < -0.39 is 11.0 Å². The molecule has 1 aliphatic rings. The molecule has 0 aliphatic carbocycles. The molecule has 0 fully saturated rings. The molecular weight excluding hydrogens is 210 g/mol. The molecule has 0 amide bonds. The highest BCUT2D eigenvalue weighted by molar-refractivity contribution is 7.84. The predicted octanol–water partition coefficient (Wildman–Crippen LogP) is 2.11. The summed E-state index contributed by atoms with van der Waals surface area (Å²) >= 11 is 0. The van der Waals surface area contributed by atoms with E-state index in [0.717, 1.165) is 19.3 Å². The lowest BCUT2D eigenvalue weighted by atomic mass is 9.90. The molecule has 1 aliphatic heterocycles. The Morgan fingerprint density at radius 3 is 2.80 bits per heavy atom. The first kappa shape index (κ1) is 12.7. The van der Waals surface area contributed by atoms with Crippen LogP contribution in [-0.2, 0) is 15.7 Å². The van der Waals surface area contributed by atoms with Gasteiger partial charge in [-0.3, -0.25) is 5.14 Å². The minimum absolute atomic E-state index is 0.248. The Kier molecular flexibility index (Phi) is 4.34. The lowest BCUT2D eigenvalue weighted by molar-refractivity contribution is 0.0686. The maximum atomic E-state index is 11.3. The molecule has 2 N–H and O–H groups in total. The fourth-order valence-electron chi connectivity index (χ4n) is 1.96. The van der Waals surface area contributed by atoms with Crippen molar-refractivity contribution in [2.75, 3.05) is 0 Å². The van der Waals surface area contributed by atoms with Crippen LogP contribution in [0, 0.1) is 5.92 Å². The topological polar surface area (TPSA) is 52.3 Å². The van der Waals surface area contributed by atoms with Gasteiger partial charge >= 0.3 is 0 Å². The molecule has 1 heterocycles. The SMILES string of the molecule is C[C@@H](CC(C)(C)S(N)=O)[C@@H]1CCC=CO1. The lowest BCUT2D eigenvalue weighted by Crippen LogP contribution is -2.37. The van der Waals surface area contributed by atoms with Crippen LogP contribution in [-0.4, -0.2) is 15.1 Å². The number of rotatable bonds is 4. The highest BCUT2D eigenvalue weighted by Gasteiger charge is 2.30. The number of hydrogen-bond donors (Lipinski definition) is 1. The molecule has 0 radical (unpaired) electrons. The molecule has 0 bridgehead atoms. The van der Waals surface area contributed by atoms with E-state index in [-0.39, 0.29) is 10.9 Å². The smallest absolute Gasteiger partial charge is 0.101 e. The highest BCUT2D eigenvalue weighted by Crippen LogP contribution is 2.27. The first-order valence-corrected chi connectivity index (χ1v) is 6.61. The quantitative estimate of drug-likeness (QED) is 0.805. The minimum atomic E-state index is -1.27. The Bertz CT molecular complexity index is 263. The van der Waals surface area contributed by atoms with E-state index in [9.17, 15) is 4.21 Å². The summed E-state index contributed by atoms with van der Waals surface area (Å²) in [5.74, 6) is 0.387. The van der Waals surface area contributed by atoms with Gasteiger partial charge in [0.1, 0.15) is 6.10 Å². The van der Waals surface area contributed by atoms with Crippen LogP contribution in [0.5, 0.6) is 0 Å². The van der Waals surface area contributed by atoms with Gasteiger partial charge in [0.25, 0.3) is 0 Å². The standard InChI is InChI=1S/C11H21NO2S/c1-9(8-11(2,3)15(12)13)10-6-4-5-7-14-10/h5,7,9-10H,4,6,8,12H2,1-3H3/t9-,10-,15?/m0/s1. The van der Waals surface area contributed by atoms with Gasteiger partial charge in [0, 0.05) is 0 Å². The molecule has 15 heavy (non-hydrogen) atoms. The van der Waals surface area contributed by atoms with Crippen molar-refractivity contribution in [3.05, 3.63) is 12.3 Å². The van der Waals surface area contributed by atoms with Crippen LogP contribution in [0.2, 0.25) is 0 Å². The normalized spacial score (nSPS) is 25.7. The molecule has 1 rings (SSSR count). The highest BCUT2D eigenvalue weighted by atomic mass is 32.2. The second kappa shape index (κ2) is 5.12. The number of allylic oxidation sites excluding steroid dienone is 1. The summed E-state index contributed by atoms with van der Waals surface area (Å²) in [6.07, 6.45) is 7.01. The molecule has 4 heteroatoms. The maximum Gasteiger partial charge on any atom is 0.101 e.